The van der Waals surface area contributed by atoms with Crippen LogP contribution in [0, 0.1) is 68.9 Å². The summed E-state index contributed by atoms with van der Waals surface area (Å²) in [5.74, 6) is -2.90. The van der Waals surface area contributed by atoms with Gasteiger partial charge in [-0.1, -0.05) is 6.92 Å². The van der Waals surface area contributed by atoms with Gasteiger partial charge in [0.1, 0.15) is 17.3 Å². The summed E-state index contributed by atoms with van der Waals surface area (Å²) in [5, 5.41) is 38.8. The number of nitrogens with zero attached hydrogens (tertiary/aromatic N) is 3. The quantitative estimate of drug-likeness (QED) is 0.830. The molecule has 8 heteroatoms. The zero-order valence-corrected chi connectivity index (χ0v) is 15.6. The molecule has 4 unspecified atom stereocenters. The first kappa shape index (κ1) is 18.7. The minimum absolute atomic E-state index is 0.168. The second kappa shape index (κ2) is 5.91. The molecule has 0 saturated carbocycles. The number of fused-ring (bicyclic) bond motifs is 2. The van der Waals surface area contributed by atoms with Crippen molar-refractivity contribution < 1.29 is 18.3 Å². The number of nitriles is 3. The van der Waals surface area contributed by atoms with Gasteiger partial charge in [-0.25, -0.2) is 4.39 Å². The van der Waals surface area contributed by atoms with Crippen molar-refractivity contribution in [3.05, 3.63) is 59.3 Å². The fourth-order valence-electron chi connectivity index (χ4n) is 4.40. The van der Waals surface area contributed by atoms with Crippen LogP contribution in [0.5, 0.6) is 0 Å². The molecule has 3 heterocycles. The standard InChI is InChI=1S/C21H15FN4O3/c1-12-3-8-16(27-12)17-19(9-23,10-24)20(11-25)13(2)21(28-17,29-18(20)26)14-4-6-15(22)7-5-14/h3-8,13,17,26H,1-2H3. The zero-order chi connectivity index (χ0) is 21.0. The van der Waals surface area contributed by atoms with Crippen LogP contribution in [0.1, 0.15) is 30.1 Å². The molecule has 2 aromatic rings. The Hall–Kier alpha value is -3.67. The number of rotatable bonds is 2. The van der Waals surface area contributed by atoms with Crippen LogP contribution >= 0.6 is 0 Å². The average molecular weight is 390 g/mol. The molecule has 1 N–H and O–H groups in total. The molecule has 2 aliphatic rings. The zero-order valence-electron chi connectivity index (χ0n) is 15.6. The van der Waals surface area contributed by atoms with E-state index in [1.807, 2.05) is 18.2 Å². The number of aryl methyl sites for hydroxylation is 1. The Kier molecular flexibility index (Phi) is 3.81. The fraction of sp³-hybridized carbons (Fsp3) is 0.333. The van der Waals surface area contributed by atoms with Gasteiger partial charge in [-0.3, -0.25) is 5.41 Å². The topological polar surface area (TPSA) is 127 Å². The van der Waals surface area contributed by atoms with E-state index in [0.29, 0.717) is 11.3 Å². The molecule has 2 fully saturated rings. The van der Waals surface area contributed by atoms with Gasteiger partial charge in [0.05, 0.1) is 24.1 Å². The smallest absolute Gasteiger partial charge is 0.244 e. The number of halogens is 1. The molecule has 0 aliphatic carbocycles. The van der Waals surface area contributed by atoms with Gasteiger partial charge >= 0.3 is 0 Å². The van der Waals surface area contributed by atoms with E-state index in [9.17, 15) is 20.2 Å². The third kappa shape index (κ3) is 2.03. The second-order valence-electron chi connectivity index (χ2n) is 7.23. The van der Waals surface area contributed by atoms with E-state index in [2.05, 4.69) is 0 Å². The van der Waals surface area contributed by atoms with Gasteiger partial charge in [-0.05, 0) is 43.3 Å². The van der Waals surface area contributed by atoms with Gasteiger partial charge < -0.3 is 13.9 Å². The van der Waals surface area contributed by atoms with Crippen LogP contribution in [0.3, 0.4) is 0 Å². The summed E-state index contributed by atoms with van der Waals surface area (Å²) in [6.45, 7) is 3.28. The van der Waals surface area contributed by atoms with Gasteiger partial charge in [-0.15, -0.1) is 0 Å². The van der Waals surface area contributed by atoms with Gasteiger partial charge in [0.2, 0.25) is 17.1 Å². The number of nitrogens with one attached hydrogen (secondary N) is 1. The maximum absolute atomic E-state index is 13.5. The first-order valence-electron chi connectivity index (χ1n) is 8.83. The molecule has 7 nitrogen and oxygen atoms in total. The Labute approximate surface area is 166 Å². The molecule has 0 amide bonds. The van der Waals surface area contributed by atoms with Crippen LogP contribution in [-0.4, -0.2) is 5.90 Å². The van der Waals surface area contributed by atoms with Crippen molar-refractivity contribution in [2.45, 2.75) is 25.7 Å². The molecule has 1 aromatic heterocycles. The highest BCUT2D eigenvalue weighted by Gasteiger charge is 2.80. The third-order valence-electron chi connectivity index (χ3n) is 5.93. The second-order valence-corrected chi connectivity index (χ2v) is 7.23. The third-order valence-corrected chi connectivity index (χ3v) is 5.93. The Morgan fingerprint density at radius 1 is 1.03 bits per heavy atom. The molecule has 0 radical (unpaired) electrons. The van der Waals surface area contributed by atoms with Crippen LogP contribution in [-0.2, 0) is 15.3 Å². The highest BCUT2D eigenvalue weighted by atomic mass is 19.1. The SMILES string of the molecule is Cc1ccc(C2OC3(c4ccc(F)cc4)OC(=N)C(C#N)(C3C)C2(C#N)C#N)o1. The largest absolute Gasteiger partial charge is 0.464 e. The lowest BCUT2D eigenvalue weighted by molar-refractivity contribution is -0.292. The lowest BCUT2D eigenvalue weighted by atomic mass is 9.54. The molecule has 4 rings (SSSR count). The van der Waals surface area contributed by atoms with Gasteiger partial charge in [-0.2, -0.15) is 15.8 Å². The van der Waals surface area contributed by atoms with E-state index >= 15 is 0 Å². The van der Waals surface area contributed by atoms with Crippen molar-refractivity contribution in [1.29, 1.82) is 21.2 Å². The highest BCUT2D eigenvalue weighted by molar-refractivity contribution is 5.89. The van der Waals surface area contributed by atoms with Crippen LogP contribution in [0.15, 0.2) is 40.8 Å². The van der Waals surface area contributed by atoms with Crippen molar-refractivity contribution in [2.75, 3.05) is 0 Å². The number of hydrogen-bond acceptors (Lipinski definition) is 7. The minimum Gasteiger partial charge on any atom is -0.464 e. The minimum atomic E-state index is -2.09. The van der Waals surface area contributed by atoms with Gasteiger partial charge in [0.15, 0.2) is 11.5 Å². The fourth-order valence-corrected chi connectivity index (χ4v) is 4.40. The van der Waals surface area contributed by atoms with E-state index in [4.69, 9.17) is 19.3 Å². The predicted octanol–water partition coefficient (Wildman–Crippen LogP) is 3.84. The predicted molar refractivity (Wildman–Crippen MR) is 95.0 cm³/mol. The summed E-state index contributed by atoms with van der Waals surface area (Å²) in [6, 6.07) is 14.4. The average Bonchev–Trinajstić information content (AvgIpc) is 3.21. The Bertz CT molecular complexity index is 1120. The maximum Gasteiger partial charge on any atom is 0.244 e. The Balaban J connectivity index is 2.03. The monoisotopic (exact) mass is 390 g/mol. The Morgan fingerprint density at radius 3 is 2.21 bits per heavy atom. The van der Waals surface area contributed by atoms with Crippen LogP contribution in [0.4, 0.5) is 4.39 Å². The van der Waals surface area contributed by atoms with E-state index in [1.54, 1.807) is 26.0 Å². The van der Waals surface area contributed by atoms with Crippen molar-refractivity contribution in [2.24, 2.45) is 16.7 Å². The van der Waals surface area contributed by atoms with Crippen molar-refractivity contribution >= 4 is 5.90 Å². The molecular formula is C21H15FN4O3. The summed E-state index contributed by atoms with van der Waals surface area (Å²) < 4.78 is 31.2. The summed E-state index contributed by atoms with van der Waals surface area (Å²) in [7, 11) is 0. The first-order chi connectivity index (χ1) is 13.8. The van der Waals surface area contributed by atoms with E-state index in [-0.39, 0.29) is 5.76 Å². The van der Waals surface area contributed by atoms with E-state index < -0.39 is 40.4 Å². The molecule has 144 valence electrons. The molecule has 2 bridgehead atoms. The van der Waals surface area contributed by atoms with Gasteiger partial charge in [0, 0.05) is 5.56 Å². The van der Waals surface area contributed by atoms with Gasteiger partial charge in [0.25, 0.3) is 0 Å². The van der Waals surface area contributed by atoms with Crippen LogP contribution in [0.2, 0.25) is 0 Å². The van der Waals surface area contributed by atoms with Crippen molar-refractivity contribution in [1.82, 2.24) is 0 Å². The van der Waals surface area contributed by atoms with Crippen LogP contribution in [0.25, 0.3) is 0 Å². The molecule has 1 aromatic carbocycles. The number of furan rings is 1. The maximum atomic E-state index is 13.5. The lowest BCUT2D eigenvalue weighted by Crippen LogP contribution is -2.57. The van der Waals surface area contributed by atoms with E-state index in [0.717, 1.165) is 0 Å². The lowest BCUT2D eigenvalue weighted by Gasteiger charge is -2.47. The normalized spacial score (nSPS) is 31.9. The molecule has 2 saturated heterocycles. The number of benzene rings is 1. The number of hydrogen-bond donors (Lipinski definition) is 1. The van der Waals surface area contributed by atoms with Crippen molar-refractivity contribution in [3.8, 4) is 18.2 Å². The van der Waals surface area contributed by atoms with Crippen LogP contribution < -0.4 is 0 Å². The molecule has 4 atom stereocenters. The highest BCUT2D eigenvalue weighted by Crippen LogP contribution is 2.69. The Morgan fingerprint density at radius 2 is 1.69 bits per heavy atom. The molecule has 29 heavy (non-hydrogen) atoms. The summed E-state index contributed by atoms with van der Waals surface area (Å²) >= 11 is 0. The van der Waals surface area contributed by atoms with Crippen molar-refractivity contribution in [3.63, 3.8) is 0 Å². The molecule has 0 spiro atoms. The number of ether oxygens (including phenoxy) is 2. The molecule has 2 aliphatic heterocycles. The summed E-state index contributed by atoms with van der Waals surface area (Å²) in [6.07, 6.45) is -1.31. The van der Waals surface area contributed by atoms with E-state index in [1.165, 1.54) is 24.3 Å². The summed E-state index contributed by atoms with van der Waals surface area (Å²) in [5.41, 5.74) is -3.65. The molecular weight excluding hydrogens is 375 g/mol. The first-order valence-corrected chi connectivity index (χ1v) is 8.83. The summed E-state index contributed by atoms with van der Waals surface area (Å²) in [4.78, 5) is 0.